The van der Waals surface area contributed by atoms with Crippen LogP contribution in [0.4, 0.5) is 5.69 Å². The largest absolute Gasteiger partial charge is 0.373 e. The second-order valence-electron chi connectivity index (χ2n) is 9.90. The smallest absolute Gasteiger partial charge is 0.268 e. The van der Waals surface area contributed by atoms with Crippen LogP contribution in [0, 0.1) is 6.92 Å². The summed E-state index contributed by atoms with van der Waals surface area (Å²) < 4.78 is 7.88. The monoisotopic (exact) mass is 515 g/mol. The number of aromatic nitrogens is 1. The highest BCUT2D eigenvalue weighted by molar-refractivity contribution is 6.34. The van der Waals surface area contributed by atoms with E-state index in [1.807, 2.05) is 41.8 Å². The highest BCUT2D eigenvalue weighted by Gasteiger charge is 2.30. The Balaban J connectivity index is 1.46. The lowest BCUT2D eigenvalue weighted by Gasteiger charge is -2.23. The lowest BCUT2D eigenvalue weighted by Crippen LogP contribution is -2.40. The molecule has 4 aromatic rings. The van der Waals surface area contributed by atoms with Crippen molar-refractivity contribution in [1.29, 1.82) is 0 Å². The molecule has 1 aliphatic rings. The molecule has 7 heteroatoms. The van der Waals surface area contributed by atoms with E-state index in [0.29, 0.717) is 35.1 Å². The molecule has 1 aliphatic heterocycles. The molecule has 1 atom stereocenters. The number of halogens is 1. The minimum Gasteiger partial charge on any atom is -0.373 e. The lowest BCUT2D eigenvalue weighted by atomic mass is 10.0. The number of fused-ring (bicyclic) bond motifs is 1. The van der Waals surface area contributed by atoms with E-state index in [2.05, 4.69) is 35.8 Å². The van der Waals surface area contributed by atoms with Gasteiger partial charge < -0.3 is 19.9 Å². The molecule has 0 saturated carbocycles. The van der Waals surface area contributed by atoms with E-state index in [9.17, 15) is 9.59 Å². The Bertz CT molecular complexity index is 1470. The second-order valence-corrected chi connectivity index (χ2v) is 10.3. The highest BCUT2D eigenvalue weighted by Crippen LogP contribution is 2.27. The van der Waals surface area contributed by atoms with Crippen molar-refractivity contribution < 1.29 is 14.3 Å². The number of nitrogens with zero attached hydrogens (tertiary/aromatic N) is 1. The Hall–Kier alpha value is -3.61. The first-order valence-corrected chi connectivity index (χ1v) is 12.9. The molecule has 2 N–H and O–H groups in total. The molecule has 0 aliphatic carbocycles. The van der Waals surface area contributed by atoms with Gasteiger partial charge in [0, 0.05) is 36.3 Å². The van der Waals surface area contributed by atoms with Crippen LogP contribution < -0.4 is 10.6 Å². The fourth-order valence-electron chi connectivity index (χ4n) is 4.88. The number of benzene rings is 3. The Kier molecular flexibility index (Phi) is 7.04. The van der Waals surface area contributed by atoms with Gasteiger partial charge >= 0.3 is 0 Å². The van der Waals surface area contributed by atoms with E-state index in [1.54, 1.807) is 24.3 Å². The average molecular weight is 516 g/mol. The molecular weight excluding hydrogens is 486 g/mol. The van der Waals surface area contributed by atoms with Crippen LogP contribution in [0.1, 0.15) is 51.7 Å². The number of rotatable bonds is 7. The minimum absolute atomic E-state index is 0.151. The summed E-state index contributed by atoms with van der Waals surface area (Å²) in [6, 6.07) is 22.7. The van der Waals surface area contributed by atoms with Crippen molar-refractivity contribution in [3.63, 3.8) is 0 Å². The molecule has 5 rings (SSSR count). The minimum atomic E-state index is -0.334. The van der Waals surface area contributed by atoms with Crippen LogP contribution in [0.3, 0.4) is 0 Å². The summed E-state index contributed by atoms with van der Waals surface area (Å²) in [4.78, 5) is 26.2. The third-order valence-electron chi connectivity index (χ3n) is 6.86. The molecule has 6 nitrogen and oxygen atoms in total. The van der Waals surface area contributed by atoms with E-state index >= 15 is 0 Å². The van der Waals surface area contributed by atoms with E-state index in [1.165, 1.54) is 0 Å². The van der Waals surface area contributed by atoms with Gasteiger partial charge in [0.2, 0.25) is 0 Å². The normalized spacial score (nSPS) is 17.2. The van der Waals surface area contributed by atoms with E-state index in [-0.39, 0.29) is 17.4 Å². The number of hydrogen-bond donors (Lipinski definition) is 2. The molecule has 3 aromatic carbocycles. The highest BCUT2D eigenvalue weighted by atomic mass is 35.5. The molecular formula is C30H30ClN3O3. The van der Waals surface area contributed by atoms with Crippen LogP contribution in [-0.4, -0.2) is 35.1 Å². The summed E-state index contributed by atoms with van der Waals surface area (Å²) in [5.74, 6) is -0.436. The van der Waals surface area contributed by atoms with Crippen LogP contribution in [0.5, 0.6) is 0 Å². The first-order chi connectivity index (χ1) is 17.8. The zero-order valence-electron chi connectivity index (χ0n) is 21.0. The predicted octanol–water partition coefficient (Wildman–Crippen LogP) is 6.20. The molecule has 2 amide bonds. The van der Waals surface area contributed by atoms with Crippen LogP contribution >= 0.6 is 11.6 Å². The number of ether oxygens (including phenoxy) is 1. The van der Waals surface area contributed by atoms with E-state index in [4.69, 9.17) is 16.3 Å². The van der Waals surface area contributed by atoms with Crippen molar-refractivity contribution in [2.75, 3.05) is 18.5 Å². The maximum Gasteiger partial charge on any atom is 0.268 e. The SMILES string of the molecule is Cc1cccc(Cn2c(C(=O)NCC3(C)CCCO3)cc3cc(NC(=O)c4ccccc4Cl)ccc32)c1. The van der Waals surface area contributed by atoms with Gasteiger partial charge in [-0.3, -0.25) is 9.59 Å². The third kappa shape index (κ3) is 5.55. The Morgan fingerprint density at radius 3 is 2.62 bits per heavy atom. The van der Waals surface area contributed by atoms with Crippen LogP contribution in [-0.2, 0) is 11.3 Å². The Morgan fingerprint density at radius 1 is 1.03 bits per heavy atom. The Labute approximate surface area is 221 Å². The van der Waals surface area contributed by atoms with Crippen molar-refractivity contribution in [2.24, 2.45) is 0 Å². The predicted molar refractivity (Wildman–Crippen MR) is 148 cm³/mol. The quantitative estimate of drug-likeness (QED) is 0.307. The van der Waals surface area contributed by atoms with Crippen molar-refractivity contribution in [3.05, 3.63) is 100 Å². The molecule has 1 fully saturated rings. The topological polar surface area (TPSA) is 72.4 Å². The van der Waals surface area contributed by atoms with Gasteiger partial charge in [-0.05, 0) is 68.7 Å². The molecule has 2 heterocycles. The second kappa shape index (κ2) is 10.4. The van der Waals surface area contributed by atoms with Gasteiger partial charge in [-0.25, -0.2) is 0 Å². The molecule has 0 spiro atoms. The molecule has 0 bridgehead atoms. The number of amides is 2. The van der Waals surface area contributed by atoms with Crippen LogP contribution in [0.15, 0.2) is 72.8 Å². The van der Waals surface area contributed by atoms with Gasteiger partial charge in [0.05, 0.1) is 16.2 Å². The van der Waals surface area contributed by atoms with Gasteiger partial charge in [0.25, 0.3) is 11.8 Å². The van der Waals surface area contributed by atoms with Crippen molar-refractivity contribution >= 4 is 40.0 Å². The molecule has 37 heavy (non-hydrogen) atoms. The summed E-state index contributed by atoms with van der Waals surface area (Å²) in [6.07, 6.45) is 1.93. The first-order valence-electron chi connectivity index (χ1n) is 12.5. The van der Waals surface area contributed by atoms with Crippen molar-refractivity contribution in [1.82, 2.24) is 9.88 Å². The number of carbonyl (C=O) groups is 2. The number of nitrogens with one attached hydrogen (secondary N) is 2. The summed E-state index contributed by atoms with van der Waals surface area (Å²) in [7, 11) is 0. The summed E-state index contributed by atoms with van der Waals surface area (Å²) in [5, 5.41) is 7.26. The fraction of sp³-hybridized carbons (Fsp3) is 0.267. The number of hydrogen-bond acceptors (Lipinski definition) is 3. The molecule has 1 unspecified atom stereocenters. The maximum atomic E-state index is 13.4. The zero-order chi connectivity index (χ0) is 26.0. The molecule has 190 valence electrons. The standard InChI is InChI=1S/C30H30ClN3O3/c1-20-7-5-8-21(15-20)18-34-26-12-11-23(33-28(35)24-9-3-4-10-25(24)31)16-22(26)17-27(34)29(36)32-19-30(2)13-6-14-37-30/h3-5,7-12,15-17H,6,13-14,18-19H2,1-2H3,(H,32,36)(H,33,35). The lowest BCUT2D eigenvalue weighted by molar-refractivity contribution is 0.0205. The third-order valence-corrected chi connectivity index (χ3v) is 7.19. The molecule has 1 aromatic heterocycles. The number of carbonyl (C=O) groups excluding carboxylic acids is 2. The summed E-state index contributed by atoms with van der Waals surface area (Å²) >= 11 is 6.20. The maximum absolute atomic E-state index is 13.4. The van der Waals surface area contributed by atoms with Gasteiger partial charge in [-0.1, -0.05) is 53.6 Å². The van der Waals surface area contributed by atoms with Gasteiger partial charge in [-0.15, -0.1) is 0 Å². The fourth-order valence-corrected chi connectivity index (χ4v) is 5.10. The van der Waals surface area contributed by atoms with Gasteiger partial charge in [0.1, 0.15) is 5.69 Å². The average Bonchev–Trinajstić information content (AvgIpc) is 3.47. The van der Waals surface area contributed by atoms with Gasteiger partial charge in [-0.2, -0.15) is 0 Å². The van der Waals surface area contributed by atoms with Crippen LogP contribution in [0.25, 0.3) is 10.9 Å². The summed E-state index contributed by atoms with van der Waals surface area (Å²) in [5.41, 5.74) is 4.44. The molecule has 1 saturated heterocycles. The van der Waals surface area contributed by atoms with E-state index in [0.717, 1.165) is 41.5 Å². The van der Waals surface area contributed by atoms with Crippen LogP contribution in [0.2, 0.25) is 5.02 Å². The van der Waals surface area contributed by atoms with E-state index < -0.39 is 0 Å². The van der Waals surface area contributed by atoms with Crippen molar-refractivity contribution in [3.8, 4) is 0 Å². The first kappa shape index (κ1) is 25.1. The molecule has 0 radical (unpaired) electrons. The zero-order valence-corrected chi connectivity index (χ0v) is 21.8. The Morgan fingerprint density at radius 2 is 1.86 bits per heavy atom. The number of anilines is 1. The summed E-state index contributed by atoms with van der Waals surface area (Å²) in [6.45, 7) is 5.82. The van der Waals surface area contributed by atoms with Crippen molar-refractivity contribution in [2.45, 2.75) is 38.8 Å². The van der Waals surface area contributed by atoms with Gasteiger partial charge in [0.15, 0.2) is 0 Å². The number of aryl methyl sites for hydroxylation is 1.